The molecular weight excluding hydrogens is 400 g/mol. The molecule has 0 aromatic carbocycles. The van der Waals surface area contributed by atoms with Gasteiger partial charge in [0, 0.05) is 28.5 Å². The molecule has 2 amide bonds. The molecule has 8 nitrogen and oxygen atoms in total. The van der Waals surface area contributed by atoms with Gasteiger partial charge < -0.3 is 19.5 Å². The minimum Gasteiger partial charge on any atom is -0.480 e. The molecule has 8 heteroatoms. The second-order valence-electron chi connectivity index (χ2n) is 9.82. The molecule has 2 atom stereocenters. The number of likely N-dealkylation sites (N-methyl/N-ethyl adjacent to an activating group) is 2. The van der Waals surface area contributed by atoms with Crippen LogP contribution in [0, 0.1) is 5.92 Å². The lowest BCUT2D eigenvalue weighted by Crippen LogP contribution is -2.54. The van der Waals surface area contributed by atoms with Crippen molar-refractivity contribution in [2.45, 2.75) is 103 Å². The average Bonchev–Trinajstić information content (AvgIpc) is 2.69. The van der Waals surface area contributed by atoms with Crippen molar-refractivity contribution in [3.8, 4) is 0 Å². The molecule has 0 aliphatic heterocycles. The fourth-order valence-corrected chi connectivity index (χ4v) is 3.67. The summed E-state index contributed by atoms with van der Waals surface area (Å²) in [7, 11) is 0.957. The van der Waals surface area contributed by atoms with Crippen molar-refractivity contribution in [2.75, 3.05) is 20.7 Å². The Hall–Kier alpha value is -1.83. The summed E-state index contributed by atoms with van der Waals surface area (Å²) in [4.78, 5) is 40.2. The maximum absolute atomic E-state index is 13.4. The van der Waals surface area contributed by atoms with Crippen molar-refractivity contribution in [3.63, 3.8) is 0 Å². The number of rotatable bonds is 10. The Morgan fingerprint density at radius 2 is 1.71 bits per heavy atom. The Kier molecular flexibility index (Phi) is 10.1. The Labute approximate surface area is 188 Å². The molecule has 0 unspecified atom stereocenters. The summed E-state index contributed by atoms with van der Waals surface area (Å²) in [6.45, 7) is 9.26. The first-order valence-electron chi connectivity index (χ1n) is 12.0. The van der Waals surface area contributed by atoms with Crippen LogP contribution in [0.2, 0.25) is 0 Å². The predicted octanol–water partition coefficient (Wildman–Crippen LogP) is 3.92. The van der Waals surface area contributed by atoms with Crippen molar-refractivity contribution >= 4 is 18.0 Å². The Bertz CT molecular complexity index is 616. The second kappa shape index (κ2) is 12.3. The van der Waals surface area contributed by atoms with Crippen molar-refractivity contribution in [3.05, 3.63) is 0 Å². The van der Waals surface area contributed by atoms with Gasteiger partial charge in [-0.1, -0.05) is 33.1 Å². The van der Waals surface area contributed by atoms with E-state index in [0.29, 0.717) is 6.42 Å². The zero-order valence-electron chi connectivity index (χ0n) is 21.1. The Balaban J connectivity index is 2.95. The highest BCUT2D eigenvalue weighted by molar-refractivity contribution is 5.89. The van der Waals surface area contributed by atoms with Crippen LogP contribution < -0.4 is 0 Å². The summed E-state index contributed by atoms with van der Waals surface area (Å²) in [5, 5.41) is 9.79. The van der Waals surface area contributed by atoms with Gasteiger partial charge in [-0.05, 0) is 46.0 Å². The van der Waals surface area contributed by atoms with Crippen molar-refractivity contribution in [2.24, 2.45) is 5.92 Å². The van der Waals surface area contributed by atoms with Crippen LogP contribution in [-0.2, 0) is 19.1 Å². The maximum atomic E-state index is 13.4. The molecule has 1 aliphatic carbocycles. The average molecular weight is 444 g/mol. The van der Waals surface area contributed by atoms with Crippen LogP contribution >= 0.6 is 0 Å². The molecule has 1 N–H and O–H groups in total. The van der Waals surface area contributed by atoms with E-state index in [2.05, 4.69) is 0 Å². The second-order valence-corrected chi connectivity index (χ2v) is 9.82. The van der Waals surface area contributed by atoms with Crippen molar-refractivity contribution in [1.29, 1.82) is 0 Å². The number of carboxylic acids is 1. The fraction of sp³-hybridized carbons (Fsp3) is 0.870. The third-order valence-corrected chi connectivity index (χ3v) is 5.37. The molecule has 31 heavy (non-hydrogen) atoms. The van der Waals surface area contributed by atoms with E-state index in [0.717, 1.165) is 30.6 Å². The van der Waals surface area contributed by atoms with E-state index in [9.17, 15) is 19.5 Å². The van der Waals surface area contributed by atoms with E-state index >= 15 is 0 Å². The highest BCUT2D eigenvalue weighted by atomic mass is 16.6. The standard InChI is InChI=1S/C23H42N2O6/c1-16(2)15-19(25(7)22(29)31-23(3,4)5)20(26)24(6)18(21(27)28)13-14-30-17-11-9-8-10-12-17/h16-19H,8-15H2,1-7H3,(H,27,28)/t18-,19-/m0/s1/i6D. The summed E-state index contributed by atoms with van der Waals surface area (Å²) >= 11 is 0. The highest BCUT2D eigenvalue weighted by Crippen LogP contribution is 2.22. The van der Waals surface area contributed by atoms with Gasteiger partial charge in [0.05, 0.1) is 6.10 Å². The van der Waals surface area contributed by atoms with Gasteiger partial charge in [0.15, 0.2) is 0 Å². The molecule has 0 aromatic heterocycles. The number of hydrogen-bond acceptors (Lipinski definition) is 5. The summed E-state index contributed by atoms with van der Waals surface area (Å²) < 4.78 is 19.1. The molecule has 0 aromatic rings. The zero-order valence-corrected chi connectivity index (χ0v) is 20.1. The van der Waals surface area contributed by atoms with Gasteiger partial charge in [-0.25, -0.2) is 9.59 Å². The van der Waals surface area contributed by atoms with Gasteiger partial charge in [0.1, 0.15) is 17.7 Å². The van der Waals surface area contributed by atoms with E-state index in [1.165, 1.54) is 18.4 Å². The number of amides is 2. The normalized spacial score (nSPS) is 17.6. The lowest BCUT2D eigenvalue weighted by atomic mass is 9.98. The molecule has 0 radical (unpaired) electrons. The summed E-state index contributed by atoms with van der Waals surface area (Å²) in [6, 6.07) is -2.11. The number of ether oxygens (including phenoxy) is 2. The van der Waals surface area contributed by atoms with Gasteiger partial charge >= 0.3 is 12.1 Å². The maximum Gasteiger partial charge on any atom is 0.410 e. The van der Waals surface area contributed by atoms with Crippen LogP contribution in [0.5, 0.6) is 0 Å². The molecule has 1 aliphatic rings. The minimum absolute atomic E-state index is 0.0688. The third-order valence-electron chi connectivity index (χ3n) is 5.37. The number of nitrogens with zero attached hydrogens (tertiary/aromatic N) is 2. The largest absolute Gasteiger partial charge is 0.480 e. The van der Waals surface area contributed by atoms with E-state index in [4.69, 9.17) is 10.8 Å². The minimum atomic E-state index is -1.19. The summed E-state index contributed by atoms with van der Waals surface area (Å²) in [6.07, 6.45) is 5.25. The molecule has 0 saturated heterocycles. The summed E-state index contributed by atoms with van der Waals surface area (Å²) in [5.41, 5.74) is -0.730. The Morgan fingerprint density at radius 3 is 2.19 bits per heavy atom. The van der Waals surface area contributed by atoms with Crippen LogP contribution in [0.15, 0.2) is 0 Å². The number of aliphatic carboxylic acids is 1. The van der Waals surface area contributed by atoms with Gasteiger partial charge in [0.2, 0.25) is 5.91 Å². The first kappa shape index (κ1) is 25.4. The van der Waals surface area contributed by atoms with E-state index < -0.39 is 42.7 Å². The first-order valence-corrected chi connectivity index (χ1v) is 11.3. The monoisotopic (exact) mass is 443 g/mol. The number of carboxylic acid groups (broad SMARTS) is 1. The molecule has 1 saturated carbocycles. The molecule has 1 rings (SSSR count). The lowest BCUT2D eigenvalue weighted by Gasteiger charge is -2.35. The Morgan fingerprint density at radius 1 is 1.10 bits per heavy atom. The SMILES string of the molecule is [2H]CN(C(=O)[C@H](CC(C)C)N(C)C(=O)OC(C)(C)C)[C@@H](CCOC1CCCCC1)C(=O)O. The highest BCUT2D eigenvalue weighted by Gasteiger charge is 2.36. The quantitative estimate of drug-likeness (QED) is 0.550. The molecule has 0 heterocycles. The number of carbonyl (C=O) groups is 3. The molecule has 0 bridgehead atoms. The van der Waals surface area contributed by atoms with Crippen LogP contribution in [0.25, 0.3) is 0 Å². The van der Waals surface area contributed by atoms with Crippen LogP contribution in [-0.4, -0.2) is 77.3 Å². The van der Waals surface area contributed by atoms with Crippen LogP contribution in [0.3, 0.4) is 0 Å². The van der Waals surface area contributed by atoms with E-state index in [1.54, 1.807) is 20.8 Å². The fourth-order valence-electron chi connectivity index (χ4n) is 3.67. The molecule has 180 valence electrons. The summed E-state index contributed by atoms with van der Waals surface area (Å²) in [5.74, 6) is -1.67. The van der Waals surface area contributed by atoms with Gasteiger partial charge in [-0.15, -0.1) is 0 Å². The molecular formula is C23H42N2O6. The molecule has 1 fully saturated rings. The number of hydrogen-bond donors (Lipinski definition) is 1. The van der Waals surface area contributed by atoms with E-state index in [1.807, 2.05) is 13.8 Å². The zero-order chi connectivity index (χ0) is 24.5. The third kappa shape index (κ3) is 9.46. The van der Waals surface area contributed by atoms with Gasteiger partial charge in [-0.3, -0.25) is 9.69 Å². The molecule has 0 spiro atoms. The van der Waals surface area contributed by atoms with Crippen molar-refractivity contribution in [1.82, 2.24) is 9.80 Å². The number of carbonyl (C=O) groups excluding carboxylic acids is 2. The van der Waals surface area contributed by atoms with Gasteiger partial charge in [0.25, 0.3) is 0 Å². The van der Waals surface area contributed by atoms with Crippen LogP contribution in [0.1, 0.15) is 80.9 Å². The van der Waals surface area contributed by atoms with Gasteiger partial charge in [-0.2, -0.15) is 0 Å². The van der Waals surface area contributed by atoms with E-state index in [-0.39, 0.29) is 25.0 Å². The lowest BCUT2D eigenvalue weighted by molar-refractivity contribution is -0.152. The van der Waals surface area contributed by atoms with Crippen LogP contribution in [0.4, 0.5) is 4.79 Å². The topological polar surface area (TPSA) is 96.4 Å². The van der Waals surface area contributed by atoms with Crippen molar-refractivity contribution < 1.29 is 30.3 Å². The predicted molar refractivity (Wildman–Crippen MR) is 119 cm³/mol. The smallest absolute Gasteiger partial charge is 0.410 e. The first-order chi connectivity index (χ1) is 14.9.